The average molecular weight is 321 g/mol. The summed E-state index contributed by atoms with van der Waals surface area (Å²) in [6.07, 6.45) is 4.40. The van der Waals surface area contributed by atoms with Crippen LogP contribution in [0.25, 0.3) is 0 Å². The Morgan fingerprint density at radius 1 is 1.23 bits per heavy atom. The first-order chi connectivity index (χ1) is 10.6. The maximum Gasteiger partial charge on any atom is 0.316 e. The molecule has 0 spiro atoms. The predicted molar refractivity (Wildman–Crippen MR) is 88.7 cm³/mol. The maximum absolute atomic E-state index is 11.6. The Morgan fingerprint density at radius 3 is 2.59 bits per heavy atom. The molecule has 1 fully saturated rings. The van der Waals surface area contributed by atoms with Crippen LogP contribution in [0.2, 0.25) is 0 Å². The Hall–Kier alpha value is -1.49. The van der Waals surface area contributed by atoms with Crippen LogP contribution >= 0.6 is 11.8 Å². The number of carbonyl (C=O) groups is 2. The molecule has 1 aromatic carbocycles. The summed E-state index contributed by atoms with van der Waals surface area (Å²) in [4.78, 5) is 23.2. The maximum atomic E-state index is 11.6. The first-order valence-corrected chi connectivity index (χ1v) is 8.87. The molecule has 2 rings (SSSR count). The summed E-state index contributed by atoms with van der Waals surface area (Å²) in [6.45, 7) is 1.88. The second-order valence-electron chi connectivity index (χ2n) is 5.69. The van der Waals surface area contributed by atoms with Crippen LogP contribution < -0.4 is 5.32 Å². The molecule has 1 saturated carbocycles. The molecule has 0 radical (unpaired) electrons. The van der Waals surface area contributed by atoms with E-state index < -0.39 is 0 Å². The Bertz CT molecular complexity index is 495. The third kappa shape index (κ3) is 6.10. The largest absolute Gasteiger partial charge is 0.455 e. The van der Waals surface area contributed by atoms with Gasteiger partial charge in [0.1, 0.15) is 0 Å². The van der Waals surface area contributed by atoms with Gasteiger partial charge in [0.05, 0.1) is 5.75 Å². The lowest BCUT2D eigenvalue weighted by Gasteiger charge is -2.11. The highest BCUT2D eigenvalue weighted by Crippen LogP contribution is 2.17. The fourth-order valence-electron chi connectivity index (χ4n) is 2.46. The third-order valence-corrected chi connectivity index (χ3v) is 4.67. The fraction of sp³-hybridized carbons (Fsp3) is 0.529. The van der Waals surface area contributed by atoms with E-state index in [1.54, 1.807) is 0 Å². The zero-order valence-electron chi connectivity index (χ0n) is 13.0. The molecule has 0 heterocycles. The molecule has 1 amide bonds. The summed E-state index contributed by atoms with van der Waals surface area (Å²) >= 11 is 1.50. The molecular weight excluding hydrogens is 298 g/mol. The predicted octanol–water partition coefficient (Wildman–Crippen LogP) is 2.83. The molecule has 1 aromatic rings. The van der Waals surface area contributed by atoms with Crippen LogP contribution in [-0.4, -0.2) is 30.3 Å². The van der Waals surface area contributed by atoms with Gasteiger partial charge in [-0.25, -0.2) is 0 Å². The number of esters is 1. The minimum Gasteiger partial charge on any atom is -0.455 e. The molecule has 120 valence electrons. The zero-order chi connectivity index (χ0) is 15.8. The molecule has 22 heavy (non-hydrogen) atoms. The van der Waals surface area contributed by atoms with Crippen molar-refractivity contribution in [3.63, 3.8) is 0 Å². The van der Waals surface area contributed by atoms with Crippen molar-refractivity contribution in [3.05, 3.63) is 35.4 Å². The summed E-state index contributed by atoms with van der Waals surface area (Å²) in [7, 11) is 0. The highest BCUT2D eigenvalue weighted by Gasteiger charge is 2.17. The molecule has 4 nitrogen and oxygen atoms in total. The SMILES string of the molecule is Cc1ccc(CSCC(=O)OCC(=O)NC2CCCC2)cc1. The van der Waals surface area contributed by atoms with Crippen molar-refractivity contribution in [2.24, 2.45) is 0 Å². The minimum absolute atomic E-state index is 0.166. The van der Waals surface area contributed by atoms with Gasteiger partial charge in [-0.1, -0.05) is 42.7 Å². The number of hydrogen-bond acceptors (Lipinski definition) is 4. The Morgan fingerprint density at radius 2 is 1.91 bits per heavy atom. The van der Waals surface area contributed by atoms with E-state index in [0.717, 1.165) is 18.6 Å². The first kappa shape index (κ1) is 16.9. The number of nitrogens with one attached hydrogen (secondary N) is 1. The zero-order valence-corrected chi connectivity index (χ0v) is 13.8. The molecule has 1 aliphatic carbocycles. The van der Waals surface area contributed by atoms with Crippen molar-refractivity contribution in [1.29, 1.82) is 0 Å². The van der Waals surface area contributed by atoms with Gasteiger partial charge in [0.2, 0.25) is 0 Å². The molecule has 0 bridgehead atoms. The smallest absolute Gasteiger partial charge is 0.316 e. The van der Waals surface area contributed by atoms with Crippen LogP contribution in [0, 0.1) is 6.92 Å². The number of rotatable bonds is 7. The number of carbonyl (C=O) groups excluding carboxylic acids is 2. The van der Waals surface area contributed by atoms with E-state index in [-0.39, 0.29) is 30.3 Å². The molecule has 5 heteroatoms. The monoisotopic (exact) mass is 321 g/mol. The van der Waals surface area contributed by atoms with Crippen molar-refractivity contribution in [1.82, 2.24) is 5.32 Å². The Kier molecular flexibility index (Phi) is 6.77. The van der Waals surface area contributed by atoms with Crippen LogP contribution in [0.4, 0.5) is 0 Å². The lowest BCUT2D eigenvalue weighted by Crippen LogP contribution is -2.36. The van der Waals surface area contributed by atoms with Crippen molar-refractivity contribution in [2.45, 2.75) is 44.4 Å². The minimum atomic E-state index is -0.335. The molecule has 0 aliphatic heterocycles. The van der Waals surface area contributed by atoms with E-state index in [9.17, 15) is 9.59 Å². The number of benzene rings is 1. The number of amides is 1. The normalized spacial score (nSPS) is 14.8. The number of thioether (sulfide) groups is 1. The highest BCUT2D eigenvalue weighted by molar-refractivity contribution is 7.99. The van der Waals surface area contributed by atoms with E-state index >= 15 is 0 Å². The molecule has 0 aromatic heterocycles. The molecule has 1 N–H and O–H groups in total. The van der Waals surface area contributed by atoms with Crippen molar-refractivity contribution >= 4 is 23.6 Å². The van der Waals surface area contributed by atoms with Gasteiger partial charge in [-0.15, -0.1) is 11.8 Å². The van der Waals surface area contributed by atoms with Gasteiger partial charge in [-0.2, -0.15) is 0 Å². The van der Waals surface area contributed by atoms with E-state index in [0.29, 0.717) is 0 Å². The third-order valence-electron chi connectivity index (χ3n) is 3.69. The quantitative estimate of drug-likeness (QED) is 0.785. The van der Waals surface area contributed by atoms with Gasteiger partial charge >= 0.3 is 5.97 Å². The summed E-state index contributed by atoms with van der Waals surface area (Å²) in [5.74, 6) is 0.510. The lowest BCUT2D eigenvalue weighted by atomic mass is 10.2. The van der Waals surface area contributed by atoms with Gasteiger partial charge < -0.3 is 10.1 Å². The lowest BCUT2D eigenvalue weighted by molar-refractivity contribution is -0.146. The number of aryl methyl sites for hydroxylation is 1. The molecular formula is C17H23NO3S. The highest BCUT2D eigenvalue weighted by atomic mass is 32.2. The van der Waals surface area contributed by atoms with Crippen LogP contribution in [0.3, 0.4) is 0 Å². The van der Waals surface area contributed by atoms with Crippen molar-refractivity contribution < 1.29 is 14.3 Å². The summed E-state index contributed by atoms with van der Waals surface area (Å²) < 4.78 is 5.00. The van der Waals surface area contributed by atoms with E-state index in [1.165, 1.54) is 35.7 Å². The van der Waals surface area contributed by atoms with Gasteiger partial charge in [-0.3, -0.25) is 9.59 Å². The standard InChI is InChI=1S/C17H23NO3S/c1-13-6-8-14(9-7-13)11-22-12-17(20)21-10-16(19)18-15-4-2-3-5-15/h6-9,15H,2-5,10-12H2,1H3,(H,18,19). The van der Waals surface area contributed by atoms with Gasteiger partial charge in [-0.05, 0) is 25.3 Å². The second-order valence-corrected chi connectivity index (χ2v) is 6.67. The van der Waals surface area contributed by atoms with Crippen LogP contribution in [0.1, 0.15) is 36.8 Å². The van der Waals surface area contributed by atoms with E-state index in [1.807, 2.05) is 6.92 Å². The van der Waals surface area contributed by atoms with Gasteiger partial charge in [0.25, 0.3) is 5.91 Å². The Labute approximate surface area is 136 Å². The summed E-state index contributed by atoms with van der Waals surface area (Å²) in [6, 6.07) is 8.50. The second kappa shape index (κ2) is 8.83. The van der Waals surface area contributed by atoms with Crippen LogP contribution in [-0.2, 0) is 20.1 Å². The van der Waals surface area contributed by atoms with Crippen molar-refractivity contribution in [2.75, 3.05) is 12.4 Å². The Balaban J connectivity index is 1.57. The first-order valence-electron chi connectivity index (χ1n) is 7.72. The van der Waals surface area contributed by atoms with Gasteiger partial charge in [0.15, 0.2) is 6.61 Å². The molecule has 0 unspecified atom stereocenters. The fourth-order valence-corrected chi connectivity index (χ4v) is 3.24. The van der Waals surface area contributed by atoms with Crippen LogP contribution in [0.5, 0.6) is 0 Å². The number of ether oxygens (including phenoxy) is 1. The molecule has 1 aliphatic rings. The summed E-state index contributed by atoms with van der Waals surface area (Å²) in [5.41, 5.74) is 2.41. The van der Waals surface area contributed by atoms with E-state index in [2.05, 4.69) is 29.6 Å². The number of hydrogen-bond donors (Lipinski definition) is 1. The van der Waals surface area contributed by atoms with Crippen LogP contribution in [0.15, 0.2) is 24.3 Å². The average Bonchev–Trinajstić information content (AvgIpc) is 3.00. The topological polar surface area (TPSA) is 55.4 Å². The van der Waals surface area contributed by atoms with Gasteiger partial charge in [0, 0.05) is 11.8 Å². The molecule has 0 atom stereocenters. The summed E-state index contributed by atoms with van der Waals surface area (Å²) in [5, 5.41) is 2.90. The molecule has 0 saturated heterocycles. The van der Waals surface area contributed by atoms with Crippen molar-refractivity contribution in [3.8, 4) is 0 Å². The van der Waals surface area contributed by atoms with E-state index in [4.69, 9.17) is 4.74 Å².